The molecule has 0 saturated heterocycles. The van der Waals surface area contributed by atoms with E-state index in [0.717, 1.165) is 9.38 Å². The van der Waals surface area contributed by atoms with Crippen molar-refractivity contribution in [1.82, 2.24) is 0 Å². The van der Waals surface area contributed by atoms with Gasteiger partial charge in [-0.25, -0.2) is 4.79 Å². The Labute approximate surface area is 115 Å². The number of ether oxygens (including phenoxy) is 1. The van der Waals surface area contributed by atoms with E-state index in [4.69, 9.17) is 4.74 Å². The first kappa shape index (κ1) is 12.2. The summed E-state index contributed by atoms with van der Waals surface area (Å²) in [5, 5.41) is 0. The first-order chi connectivity index (χ1) is 7.59. The average molecular weight is 364 g/mol. The van der Waals surface area contributed by atoms with Crippen LogP contribution in [0.3, 0.4) is 0 Å². The van der Waals surface area contributed by atoms with Crippen LogP contribution in [0, 0.1) is 6.92 Å². The summed E-state index contributed by atoms with van der Waals surface area (Å²) < 4.78 is 6.43. The van der Waals surface area contributed by atoms with Crippen LogP contribution in [0.5, 0.6) is 0 Å². The van der Waals surface area contributed by atoms with Gasteiger partial charge in [-0.1, -0.05) is 30.0 Å². The van der Waals surface area contributed by atoms with E-state index in [1.807, 2.05) is 31.2 Å². The van der Waals surface area contributed by atoms with Crippen LogP contribution in [0.15, 0.2) is 38.1 Å². The maximum absolute atomic E-state index is 11.3. The van der Waals surface area contributed by atoms with Crippen LogP contribution in [0.1, 0.15) is 5.56 Å². The summed E-state index contributed by atoms with van der Waals surface area (Å²) in [6.45, 7) is 2.03. The molecule has 2 nitrogen and oxygen atoms in total. The maximum atomic E-state index is 11.3. The number of halogens is 2. The molecule has 1 aliphatic heterocycles. The van der Waals surface area contributed by atoms with E-state index >= 15 is 0 Å². The van der Waals surface area contributed by atoms with Gasteiger partial charge in [0.05, 0.1) is 4.48 Å². The van der Waals surface area contributed by atoms with Crippen LogP contribution in [0.2, 0.25) is 0 Å². The fraction of sp³-hybridized carbons (Fsp3) is 0.182. The molecule has 1 atom stereocenters. The van der Waals surface area contributed by atoms with Gasteiger partial charge in [0.1, 0.15) is 4.48 Å². The van der Waals surface area contributed by atoms with Crippen LogP contribution in [0.25, 0.3) is 0 Å². The number of carbonyl (C=O) groups is 1. The Bertz CT molecular complexity index is 471. The quantitative estimate of drug-likeness (QED) is 0.743. The van der Waals surface area contributed by atoms with Gasteiger partial charge in [-0.2, -0.15) is 0 Å². The molecule has 0 spiro atoms. The Balaban J connectivity index is 2.19. The molecule has 16 heavy (non-hydrogen) atoms. The lowest BCUT2D eigenvalue weighted by atomic mass is 10.2. The number of carbonyl (C=O) groups excluding carboxylic acids is 1. The van der Waals surface area contributed by atoms with Crippen molar-refractivity contribution in [3.8, 4) is 0 Å². The molecule has 0 aromatic heterocycles. The van der Waals surface area contributed by atoms with Crippen molar-refractivity contribution in [1.29, 1.82) is 0 Å². The summed E-state index contributed by atoms with van der Waals surface area (Å²) in [5.74, 6) is -0.321. The number of thioether (sulfide) groups is 1. The van der Waals surface area contributed by atoms with Crippen molar-refractivity contribution < 1.29 is 9.53 Å². The molecule has 84 valence electrons. The number of rotatable bonds is 2. The molecule has 0 fully saturated rings. The van der Waals surface area contributed by atoms with Crippen molar-refractivity contribution in [2.24, 2.45) is 0 Å². The Morgan fingerprint density at radius 1 is 1.31 bits per heavy atom. The van der Waals surface area contributed by atoms with Crippen LogP contribution >= 0.6 is 43.6 Å². The summed E-state index contributed by atoms with van der Waals surface area (Å²) in [7, 11) is 0. The first-order valence-corrected chi connectivity index (χ1v) is 7.04. The van der Waals surface area contributed by atoms with Crippen molar-refractivity contribution in [3.05, 3.63) is 38.8 Å². The van der Waals surface area contributed by atoms with E-state index in [-0.39, 0.29) is 11.4 Å². The molecular weight excluding hydrogens is 356 g/mol. The van der Waals surface area contributed by atoms with Crippen LogP contribution in [-0.4, -0.2) is 11.4 Å². The van der Waals surface area contributed by atoms with Crippen LogP contribution in [-0.2, 0) is 9.53 Å². The highest BCUT2D eigenvalue weighted by molar-refractivity contribution is 9.14. The standard InChI is InChI=1S/C11H8Br2O2S/c1-6-4-2-3-5-7(6)16-11-9(13)8(12)10(14)15-11/h2-5,11H,1H3. The summed E-state index contributed by atoms with van der Waals surface area (Å²) in [6, 6.07) is 8.01. The minimum absolute atomic E-state index is 0.289. The Hall–Kier alpha value is -0.260. The lowest BCUT2D eigenvalue weighted by molar-refractivity contribution is -0.136. The molecular formula is C11H8Br2O2S. The third-order valence-corrected chi connectivity index (χ3v) is 5.79. The summed E-state index contributed by atoms with van der Waals surface area (Å²) >= 11 is 8.06. The zero-order valence-electron chi connectivity index (χ0n) is 8.37. The topological polar surface area (TPSA) is 26.3 Å². The highest BCUT2D eigenvalue weighted by Crippen LogP contribution is 2.40. The third-order valence-electron chi connectivity index (χ3n) is 2.14. The third kappa shape index (κ3) is 2.36. The van der Waals surface area contributed by atoms with Gasteiger partial charge in [-0.15, -0.1) is 0 Å². The second-order valence-electron chi connectivity index (χ2n) is 3.28. The van der Waals surface area contributed by atoms with Gasteiger partial charge in [0.25, 0.3) is 0 Å². The molecule has 1 aromatic rings. The van der Waals surface area contributed by atoms with Gasteiger partial charge in [0.15, 0.2) is 5.44 Å². The normalized spacial score (nSPS) is 20.2. The predicted molar refractivity (Wildman–Crippen MR) is 71.8 cm³/mol. The van der Waals surface area contributed by atoms with E-state index in [0.29, 0.717) is 4.48 Å². The molecule has 5 heteroatoms. The van der Waals surface area contributed by atoms with Gasteiger partial charge in [0, 0.05) is 4.90 Å². The second-order valence-corrected chi connectivity index (χ2v) is 6.03. The zero-order valence-corrected chi connectivity index (χ0v) is 12.4. The molecule has 0 bridgehead atoms. The minimum Gasteiger partial charge on any atom is -0.441 e. The minimum atomic E-state index is -0.321. The maximum Gasteiger partial charge on any atom is 0.347 e. The van der Waals surface area contributed by atoms with E-state index in [9.17, 15) is 4.79 Å². The number of cyclic esters (lactones) is 1. The van der Waals surface area contributed by atoms with Gasteiger partial charge in [-0.3, -0.25) is 0 Å². The lowest BCUT2D eigenvalue weighted by Crippen LogP contribution is -2.04. The van der Waals surface area contributed by atoms with E-state index in [2.05, 4.69) is 31.9 Å². The Morgan fingerprint density at radius 3 is 2.56 bits per heavy atom. The summed E-state index contributed by atoms with van der Waals surface area (Å²) in [5.41, 5.74) is 0.884. The fourth-order valence-corrected chi connectivity index (χ4v) is 3.27. The van der Waals surface area contributed by atoms with Crippen molar-refractivity contribution >= 4 is 49.6 Å². The van der Waals surface area contributed by atoms with Crippen molar-refractivity contribution in [2.45, 2.75) is 17.3 Å². The molecule has 0 N–H and O–H groups in total. The van der Waals surface area contributed by atoms with Gasteiger partial charge >= 0.3 is 5.97 Å². The van der Waals surface area contributed by atoms with Crippen molar-refractivity contribution in [3.63, 3.8) is 0 Å². The fourth-order valence-electron chi connectivity index (χ4n) is 1.28. The number of hydrogen-bond donors (Lipinski definition) is 0. The number of hydrogen-bond acceptors (Lipinski definition) is 3. The Kier molecular flexibility index (Phi) is 3.77. The van der Waals surface area contributed by atoms with Gasteiger partial charge in [0.2, 0.25) is 0 Å². The lowest BCUT2D eigenvalue weighted by Gasteiger charge is -2.11. The highest BCUT2D eigenvalue weighted by atomic mass is 79.9. The number of aryl methyl sites for hydroxylation is 1. The van der Waals surface area contributed by atoms with Crippen molar-refractivity contribution in [2.75, 3.05) is 0 Å². The largest absolute Gasteiger partial charge is 0.441 e. The van der Waals surface area contributed by atoms with Gasteiger partial charge in [-0.05, 0) is 50.4 Å². The Morgan fingerprint density at radius 2 is 2.00 bits per heavy atom. The number of esters is 1. The highest BCUT2D eigenvalue weighted by Gasteiger charge is 2.32. The van der Waals surface area contributed by atoms with Crippen LogP contribution in [0.4, 0.5) is 0 Å². The predicted octanol–water partition coefficient (Wildman–Crippen LogP) is 3.97. The van der Waals surface area contributed by atoms with E-state index in [1.54, 1.807) is 0 Å². The summed E-state index contributed by atoms with van der Waals surface area (Å²) in [6.07, 6.45) is 0. The van der Waals surface area contributed by atoms with Gasteiger partial charge < -0.3 is 4.74 Å². The average Bonchev–Trinajstić information content (AvgIpc) is 2.50. The molecule has 0 saturated carbocycles. The molecule has 1 unspecified atom stereocenters. The molecule has 2 rings (SSSR count). The SMILES string of the molecule is Cc1ccccc1SC1OC(=O)C(Br)=C1Br. The number of benzene rings is 1. The monoisotopic (exact) mass is 362 g/mol. The molecule has 0 amide bonds. The molecule has 1 aliphatic rings. The van der Waals surface area contributed by atoms with E-state index in [1.165, 1.54) is 17.3 Å². The second kappa shape index (κ2) is 4.94. The summed E-state index contributed by atoms with van der Waals surface area (Å²) in [4.78, 5) is 12.4. The molecule has 1 heterocycles. The first-order valence-electron chi connectivity index (χ1n) is 4.58. The molecule has 0 radical (unpaired) electrons. The smallest absolute Gasteiger partial charge is 0.347 e. The zero-order chi connectivity index (χ0) is 11.7. The molecule has 1 aromatic carbocycles. The molecule has 0 aliphatic carbocycles. The van der Waals surface area contributed by atoms with Crippen LogP contribution < -0.4 is 0 Å². The van der Waals surface area contributed by atoms with E-state index < -0.39 is 0 Å².